The Hall–Kier alpha value is -0.860. The molecule has 2 heteroatoms. The van der Waals surface area contributed by atoms with Crippen LogP contribution in [0.25, 0.3) is 0 Å². The number of nitrogens with two attached hydrogens (primary N) is 1. The van der Waals surface area contributed by atoms with E-state index in [-0.39, 0.29) is 0 Å². The van der Waals surface area contributed by atoms with Crippen molar-refractivity contribution in [3.05, 3.63) is 35.4 Å². The maximum atomic E-state index is 5.39. The summed E-state index contributed by atoms with van der Waals surface area (Å²) in [6.07, 6.45) is 2.62. The molecule has 2 aliphatic carbocycles. The highest BCUT2D eigenvalue weighted by molar-refractivity contribution is 5.39. The Labute approximate surface area is 84.5 Å². The highest BCUT2D eigenvalue weighted by Gasteiger charge is 2.52. The first-order valence-electron chi connectivity index (χ1n) is 5.43. The van der Waals surface area contributed by atoms with Gasteiger partial charge in [0.25, 0.3) is 0 Å². The average molecular weight is 188 g/mol. The van der Waals surface area contributed by atoms with Gasteiger partial charge in [0.1, 0.15) is 0 Å². The summed E-state index contributed by atoms with van der Waals surface area (Å²) in [7, 11) is 0. The summed E-state index contributed by atoms with van der Waals surface area (Å²) < 4.78 is 0. The highest BCUT2D eigenvalue weighted by atomic mass is 15.2. The van der Waals surface area contributed by atoms with E-state index in [4.69, 9.17) is 5.84 Å². The third-order valence-electron chi connectivity index (χ3n) is 3.85. The minimum atomic E-state index is 0.795. The van der Waals surface area contributed by atoms with Gasteiger partial charge in [0.15, 0.2) is 0 Å². The lowest BCUT2D eigenvalue weighted by Crippen LogP contribution is -2.24. The molecule has 14 heavy (non-hydrogen) atoms. The average Bonchev–Trinajstić information content (AvgIpc) is 2.93. The first kappa shape index (κ1) is 8.45. The van der Waals surface area contributed by atoms with E-state index in [2.05, 4.69) is 29.7 Å². The fourth-order valence-corrected chi connectivity index (χ4v) is 3.12. The summed E-state index contributed by atoms with van der Waals surface area (Å²) in [4.78, 5) is 0. The molecule has 3 N–H and O–H groups in total. The van der Waals surface area contributed by atoms with Gasteiger partial charge in [-0.1, -0.05) is 24.3 Å². The number of benzene rings is 1. The highest BCUT2D eigenvalue weighted by Crippen LogP contribution is 2.59. The van der Waals surface area contributed by atoms with Gasteiger partial charge in [-0.15, -0.1) is 0 Å². The zero-order chi connectivity index (χ0) is 9.54. The van der Waals surface area contributed by atoms with Crippen molar-refractivity contribution in [1.29, 1.82) is 0 Å². The van der Waals surface area contributed by atoms with Crippen molar-refractivity contribution < 1.29 is 0 Å². The molecule has 1 saturated carbocycles. The third-order valence-corrected chi connectivity index (χ3v) is 3.85. The van der Waals surface area contributed by atoms with Crippen molar-refractivity contribution in [2.45, 2.75) is 18.8 Å². The molecule has 0 radical (unpaired) electrons. The molecule has 1 aromatic rings. The van der Waals surface area contributed by atoms with E-state index in [1.165, 1.54) is 12.8 Å². The van der Waals surface area contributed by atoms with Crippen LogP contribution in [0.1, 0.15) is 23.5 Å². The Morgan fingerprint density at radius 3 is 3.07 bits per heavy atom. The minimum absolute atomic E-state index is 0.795. The molecular weight excluding hydrogens is 172 g/mol. The Bertz CT molecular complexity index is 348. The van der Waals surface area contributed by atoms with Gasteiger partial charge in [-0.2, -0.15) is 0 Å². The fourth-order valence-electron chi connectivity index (χ4n) is 3.12. The van der Waals surface area contributed by atoms with Gasteiger partial charge >= 0.3 is 0 Å². The number of rotatable bonds is 2. The number of aryl methyl sites for hydroxylation is 1. The minimum Gasteiger partial charge on any atom is -0.271 e. The van der Waals surface area contributed by atoms with E-state index in [1.807, 2.05) is 0 Å². The van der Waals surface area contributed by atoms with Gasteiger partial charge in [-0.3, -0.25) is 11.3 Å². The molecular formula is C12H16N2. The predicted octanol–water partition coefficient (Wildman–Crippen LogP) is 1.43. The van der Waals surface area contributed by atoms with Crippen molar-refractivity contribution in [3.63, 3.8) is 0 Å². The van der Waals surface area contributed by atoms with Crippen molar-refractivity contribution in [2.24, 2.45) is 17.7 Å². The molecule has 0 saturated heterocycles. The second kappa shape index (κ2) is 3.07. The van der Waals surface area contributed by atoms with Crippen molar-refractivity contribution in [2.75, 3.05) is 6.54 Å². The summed E-state index contributed by atoms with van der Waals surface area (Å²) >= 11 is 0. The van der Waals surface area contributed by atoms with Crippen molar-refractivity contribution >= 4 is 0 Å². The van der Waals surface area contributed by atoms with Crippen LogP contribution in [-0.2, 0) is 6.42 Å². The zero-order valence-corrected chi connectivity index (χ0v) is 8.24. The molecule has 2 aliphatic rings. The normalized spacial score (nSPS) is 33.4. The molecule has 0 aromatic heterocycles. The zero-order valence-electron chi connectivity index (χ0n) is 8.24. The van der Waals surface area contributed by atoms with Crippen LogP contribution < -0.4 is 11.3 Å². The fraction of sp³-hybridized carbons (Fsp3) is 0.500. The monoisotopic (exact) mass is 188 g/mol. The quantitative estimate of drug-likeness (QED) is 0.544. The lowest BCUT2D eigenvalue weighted by molar-refractivity contribution is 0.591. The SMILES string of the molecule is NNCC1C2CCc3ccccc3C21. The van der Waals surface area contributed by atoms with Crippen LogP contribution in [0, 0.1) is 11.8 Å². The van der Waals surface area contributed by atoms with Gasteiger partial charge < -0.3 is 0 Å². The molecule has 0 spiro atoms. The van der Waals surface area contributed by atoms with Crippen LogP contribution in [0.5, 0.6) is 0 Å². The van der Waals surface area contributed by atoms with Gasteiger partial charge in [0.05, 0.1) is 0 Å². The maximum absolute atomic E-state index is 5.39. The molecule has 3 atom stereocenters. The summed E-state index contributed by atoms with van der Waals surface area (Å²) in [5, 5.41) is 0. The Balaban J connectivity index is 1.89. The molecule has 2 nitrogen and oxygen atoms in total. The Morgan fingerprint density at radius 1 is 1.36 bits per heavy atom. The van der Waals surface area contributed by atoms with Crippen LogP contribution >= 0.6 is 0 Å². The molecule has 0 amide bonds. The molecule has 3 unspecified atom stereocenters. The molecule has 0 aliphatic heterocycles. The number of hydrogen-bond acceptors (Lipinski definition) is 2. The summed E-state index contributed by atoms with van der Waals surface area (Å²) in [5.74, 6) is 7.89. The molecule has 0 heterocycles. The lowest BCUT2D eigenvalue weighted by atomic mass is 9.92. The third kappa shape index (κ3) is 1.11. The van der Waals surface area contributed by atoms with E-state index in [0.29, 0.717) is 0 Å². The lowest BCUT2D eigenvalue weighted by Gasteiger charge is -2.13. The number of hydrazine groups is 1. The van der Waals surface area contributed by atoms with Gasteiger partial charge in [0, 0.05) is 6.54 Å². The van der Waals surface area contributed by atoms with Gasteiger partial charge in [0.2, 0.25) is 0 Å². The largest absolute Gasteiger partial charge is 0.271 e. The Kier molecular flexibility index (Phi) is 1.85. The van der Waals surface area contributed by atoms with Gasteiger partial charge in [-0.25, -0.2) is 0 Å². The molecule has 1 aromatic carbocycles. The van der Waals surface area contributed by atoms with Crippen molar-refractivity contribution in [3.8, 4) is 0 Å². The van der Waals surface area contributed by atoms with Crippen LogP contribution in [0.2, 0.25) is 0 Å². The second-order valence-electron chi connectivity index (χ2n) is 4.50. The molecule has 3 rings (SSSR count). The summed E-state index contributed by atoms with van der Waals surface area (Å²) in [5.41, 5.74) is 5.97. The van der Waals surface area contributed by atoms with E-state index < -0.39 is 0 Å². The first-order valence-corrected chi connectivity index (χ1v) is 5.43. The van der Waals surface area contributed by atoms with E-state index in [0.717, 1.165) is 24.3 Å². The van der Waals surface area contributed by atoms with Crippen LogP contribution in [0.4, 0.5) is 0 Å². The molecule has 0 bridgehead atoms. The standard InChI is InChI=1S/C12H16N2/c13-14-7-11-10-6-5-8-3-1-2-4-9(8)12(10)11/h1-4,10-12,14H,5-7,13H2. The molecule has 1 fully saturated rings. The predicted molar refractivity (Wildman–Crippen MR) is 56.7 cm³/mol. The first-order chi connectivity index (χ1) is 6.92. The number of nitrogens with one attached hydrogen (secondary N) is 1. The second-order valence-corrected chi connectivity index (χ2v) is 4.50. The van der Waals surface area contributed by atoms with Crippen LogP contribution in [0.15, 0.2) is 24.3 Å². The number of fused-ring (bicyclic) bond motifs is 3. The van der Waals surface area contributed by atoms with E-state index in [9.17, 15) is 0 Å². The smallest absolute Gasteiger partial charge is 0.0135 e. The van der Waals surface area contributed by atoms with E-state index >= 15 is 0 Å². The summed E-state index contributed by atoms with van der Waals surface area (Å²) in [6, 6.07) is 8.88. The summed E-state index contributed by atoms with van der Waals surface area (Å²) in [6.45, 7) is 0.976. The van der Waals surface area contributed by atoms with E-state index in [1.54, 1.807) is 11.1 Å². The van der Waals surface area contributed by atoms with Gasteiger partial charge in [-0.05, 0) is 41.7 Å². The maximum Gasteiger partial charge on any atom is 0.0135 e. The molecule has 74 valence electrons. The number of hydrogen-bond donors (Lipinski definition) is 2. The van der Waals surface area contributed by atoms with Crippen LogP contribution in [0.3, 0.4) is 0 Å². The van der Waals surface area contributed by atoms with Crippen LogP contribution in [-0.4, -0.2) is 6.54 Å². The Morgan fingerprint density at radius 2 is 2.21 bits per heavy atom. The topological polar surface area (TPSA) is 38.0 Å². The van der Waals surface area contributed by atoms with Crippen molar-refractivity contribution in [1.82, 2.24) is 5.43 Å².